The number of nitrogens with zero attached hydrogens (tertiary/aromatic N) is 2. The fourth-order valence-electron chi connectivity index (χ4n) is 2.82. The van der Waals surface area contributed by atoms with Gasteiger partial charge in [0.2, 0.25) is 0 Å². The number of aromatic nitrogens is 2. The number of carboxylic acids is 1. The molecule has 2 aromatic heterocycles. The van der Waals surface area contributed by atoms with Crippen molar-refractivity contribution in [3.8, 4) is 0 Å². The van der Waals surface area contributed by atoms with Crippen LogP contribution in [0.5, 0.6) is 0 Å². The topological polar surface area (TPSA) is 92.6 Å². The molecule has 0 aromatic carbocycles. The first-order chi connectivity index (χ1) is 9.66. The molecule has 0 saturated heterocycles. The van der Waals surface area contributed by atoms with Crippen LogP contribution in [0, 0.1) is 0 Å². The molecule has 2 atom stereocenters. The molecule has 0 aliphatic heterocycles. The Kier molecular flexibility index (Phi) is 3.31. The maximum atomic E-state index is 11.5. The van der Waals surface area contributed by atoms with Crippen molar-refractivity contribution in [1.29, 1.82) is 0 Å². The lowest BCUT2D eigenvalue weighted by Crippen LogP contribution is -2.42. The Balaban J connectivity index is 1.98. The van der Waals surface area contributed by atoms with E-state index in [9.17, 15) is 9.90 Å². The molecular formula is C14H18N4O2. The van der Waals surface area contributed by atoms with E-state index in [1.165, 1.54) is 0 Å². The number of carbonyl (C=O) groups is 1. The minimum Gasteiger partial charge on any atom is -0.476 e. The Hall–Kier alpha value is -2.08. The lowest BCUT2D eigenvalue weighted by molar-refractivity contribution is 0.0690. The number of nitrogens with one attached hydrogen (secondary N) is 1. The normalized spacial score (nSPS) is 22.9. The minimum absolute atomic E-state index is 0.0511. The zero-order valence-electron chi connectivity index (χ0n) is 11.1. The lowest BCUT2D eigenvalue weighted by atomic mass is 9.91. The van der Waals surface area contributed by atoms with Crippen LogP contribution in [0.1, 0.15) is 36.2 Å². The molecule has 1 aliphatic rings. The number of carboxylic acid groups (broad SMARTS) is 1. The highest BCUT2D eigenvalue weighted by Gasteiger charge is 2.25. The molecule has 2 aromatic rings. The molecule has 1 fully saturated rings. The van der Waals surface area contributed by atoms with Crippen molar-refractivity contribution in [2.24, 2.45) is 5.73 Å². The predicted molar refractivity (Wildman–Crippen MR) is 76.0 cm³/mol. The monoisotopic (exact) mass is 274 g/mol. The number of hydrogen-bond donors (Lipinski definition) is 3. The average molecular weight is 274 g/mol. The van der Waals surface area contributed by atoms with Gasteiger partial charge in [-0.15, -0.1) is 0 Å². The van der Waals surface area contributed by atoms with Gasteiger partial charge in [-0.05, 0) is 25.0 Å². The molecule has 2 heterocycles. The molecule has 3 rings (SSSR count). The molecule has 4 N–H and O–H groups in total. The second-order valence-electron chi connectivity index (χ2n) is 5.24. The summed E-state index contributed by atoms with van der Waals surface area (Å²) in [5, 5.41) is 12.6. The number of rotatable bonds is 3. The Bertz CT molecular complexity index is 637. The quantitative estimate of drug-likeness (QED) is 0.792. The van der Waals surface area contributed by atoms with Crippen LogP contribution in [0.15, 0.2) is 24.4 Å². The molecule has 6 nitrogen and oxygen atoms in total. The van der Waals surface area contributed by atoms with Gasteiger partial charge in [-0.2, -0.15) is 0 Å². The van der Waals surface area contributed by atoms with Crippen LogP contribution in [0.25, 0.3) is 5.65 Å². The second kappa shape index (κ2) is 5.13. The number of hydrogen-bond acceptors (Lipinski definition) is 4. The molecule has 0 radical (unpaired) electrons. The van der Waals surface area contributed by atoms with Crippen molar-refractivity contribution < 1.29 is 9.90 Å². The lowest BCUT2D eigenvalue weighted by Gasteiger charge is -2.29. The first kappa shape index (κ1) is 12.9. The van der Waals surface area contributed by atoms with Gasteiger partial charge in [0.25, 0.3) is 0 Å². The van der Waals surface area contributed by atoms with E-state index in [2.05, 4.69) is 10.3 Å². The van der Waals surface area contributed by atoms with Crippen molar-refractivity contribution in [3.63, 3.8) is 0 Å². The summed E-state index contributed by atoms with van der Waals surface area (Å²) < 4.78 is 1.58. The zero-order chi connectivity index (χ0) is 14.1. The maximum absolute atomic E-state index is 11.5. The van der Waals surface area contributed by atoms with Crippen LogP contribution in [-0.2, 0) is 0 Å². The average Bonchev–Trinajstić information content (AvgIpc) is 2.79. The smallest absolute Gasteiger partial charge is 0.356 e. The second-order valence-corrected chi connectivity index (χ2v) is 5.24. The van der Waals surface area contributed by atoms with Gasteiger partial charge in [0.1, 0.15) is 5.65 Å². The molecular weight excluding hydrogens is 256 g/mol. The summed E-state index contributed by atoms with van der Waals surface area (Å²) in [7, 11) is 0. The highest BCUT2D eigenvalue weighted by atomic mass is 16.4. The number of aromatic carboxylic acids is 1. The van der Waals surface area contributed by atoms with E-state index in [0.717, 1.165) is 25.7 Å². The molecule has 1 saturated carbocycles. The summed E-state index contributed by atoms with van der Waals surface area (Å²) in [5.41, 5.74) is 6.89. The highest BCUT2D eigenvalue weighted by molar-refractivity contribution is 5.93. The zero-order valence-corrected chi connectivity index (χ0v) is 11.1. The third-order valence-electron chi connectivity index (χ3n) is 3.87. The van der Waals surface area contributed by atoms with Crippen LogP contribution in [0.4, 0.5) is 5.82 Å². The van der Waals surface area contributed by atoms with E-state index in [4.69, 9.17) is 5.73 Å². The molecule has 0 spiro atoms. The summed E-state index contributed by atoms with van der Waals surface area (Å²) in [6.45, 7) is 0. The molecule has 1 aliphatic carbocycles. The Morgan fingerprint density at radius 2 is 2.20 bits per heavy atom. The van der Waals surface area contributed by atoms with Crippen molar-refractivity contribution in [2.75, 3.05) is 5.32 Å². The minimum atomic E-state index is -0.990. The number of fused-ring (bicyclic) bond motifs is 1. The van der Waals surface area contributed by atoms with E-state index < -0.39 is 5.97 Å². The van der Waals surface area contributed by atoms with E-state index >= 15 is 0 Å². The SMILES string of the molecule is NC1CCCCC1Nc1nc2ccccn2c1C(=O)O. The van der Waals surface area contributed by atoms with E-state index in [1.807, 2.05) is 6.07 Å². The fourth-order valence-corrected chi connectivity index (χ4v) is 2.82. The Labute approximate surface area is 116 Å². The maximum Gasteiger partial charge on any atom is 0.356 e. The van der Waals surface area contributed by atoms with Gasteiger partial charge in [0, 0.05) is 18.3 Å². The number of imidazole rings is 1. The Morgan fingerprint density at radius 3 is 2.95 bits per heavy atom. The third-order valence-corrected chi connectivity index (χ3v) is 3.87. The van der Waals surface area contributed by atoms with E-state index in [0.29, 0.717) is 11.5 Å². The van der Waals surface area contributed by atoms with Crippen LogP contribution in [-0.4, -0.2) is 32.5 Å². The molecule has 2 unspecified atom stereocenters. The first-order valence-electron chi connectivity index (χ1n) is 6.89. The molecule has 20 heavy (non-hydrogen) atoms. The van der Waals surface area contributed by atoms with Crippen LogP contribution >= 0.6 is 0 Å². The summed E-state index contributed by atoms with van der Waals surface area (Å²) in [6.07, 6.45) is 5.87. The van der Waals surface area contributed by atoms with Gasteiger partial charge >= 0.3 is 5.97 Å². The number of anilines is 1. The molecule has 106 valence electrons. The highest BCUT2D eigenvalue weighted by Crippen LogP contribution is 2.24. The van der Waals surface area contributed by atoms with Gasteiger partial charge in [0.05, 0.1) is 0 Å². The van der Waals surface area contributed by atoms with Crippen molar-refractivity contribution in [3.05, 3.63) is 30.1 Å². The molecule has 6 heteroatoms. The number of pyridine rings is 1. The van der Waals surface area contributed by atoms with Gasteiger partial charge in [-0.3, -0.25) is 4.40 Å². The summed E-state index contributed by atoms with van der Waals surface area (Å²) in [6, 6.07) is 5.56. The summed E-state index contributed by atoms with van der Waals surface area (Å²) in [4.78, 5) is 15.9. The first-order valence-corrected chi connectivity index (χ1v) is 6.89. The molecule has 0 amide bonds. The summed E-state index contributed by atoms with van der Waals surface area (Å²) in [5.74, 6) is -0.582. The van der Waals surface area contributed by atoms with Gasteiger partial charge in [-0.25, -0.2) is 9.78 Å². The van der Waals surface area contributed by atoms with Gasteiger partial charge in [0.15, 0.2) is 11.5 Å². The van der Waals surface area contributed by atoms with Crippen molar-refractivity contribution in [1.82, 2.24) is 9.38 Å². The van der Waals surface area contributed by atoms with Crippen molar-refractivity contribution in [2.45, 2.75) is 37.8 Å². The van der Waals surface area contributed by atoms with Crippen LogP contribution < -0.4 is 11.1 Å². The van der Waals surface area contributed by atoms with E-state index in [-0.39, 0.29) is 17.8 Å². The van der Waals surface area contributed by atoms with Crippen molar-refractivity contribution >= 4 is 17.4 Å². The third kappa shape index (κ3) is 2.22. The van der Waals surface area contributed by atoms with Crippen LogP contribution in [0.3, 0.4) is 0 Å². The largest absolute Gasteiger partial charge is 0.476 e. The van der Waals surface area contributed by atoms with Crippen LogP contribution in [0.2, 0.25) is 0 Å². The standard InChI is InChI=1S/C14H18N4O2/c15-9-5-1-2-6-10(9)16-13-12(14(19)20)18-8-4-3-7-11(18)17-13/h3-4,7-10,16H,1-2,5-6,15H2,(H,19,20). The number of nitrogens with two attached hydrogens (primary N) is 1. The van der Waals surface area contributed by atoms with Gasteiger partial charge in [-0.1, -0.05) is 18.9 Å². The Morgan fingerprint density at radius 1 is 1.40 bits per heavy atom. The molecule has 0 bridgehead atoms. The van der Waals surface area contributed by atoms with Gasteiger partial charge < -0.3 is 16.2 Å². The van der Waals surface area contributed by atoms with E-state index in [1.54, 1.807) is 22.7 Å². The predicted octanol–water partition coefficient (Wildman–Crippen LogP) is 1.71. The fraction of sp³-hybridized carbons (Fsp3) is 0.429. The summed E-state index contributed by atoms with van der Waals surface area (Å²) >= 11 is 0.